The van der Waals surface area contributed by atoms with Crippen LogP contribution >= 0.6 is 0 Å². The van der Waals surface area contributed by atoms with Crippen molar-refractivity contribution in [1.82, 2.24) is 0 Å². The van der Waals surface area contributed by atoms with Gasteiger partial charge in [0.05, 0.1) is 0 Å². The number of unbranched alkanes of at least 4 members (excludes halogenated alkanes) is 1. The van der Waals surface area contributed by atoms with Gasteiger partial charge in [-0.3, -0.25) is 0 Å². The van der Waals surface area contributed by atoms with Crippen molar-refractivity contribution >= 4 is 0 Å². The Morgan fingerprint density at radius 2 is 1.55 bits per heavy atom. The van der Waals surface area contributed by atoms with Crippen LogP contribution in [0.5, 0.6) is 5.75 Å². The average Bonchev–Trinajstić information content (AvgIpc) is 2.73. The summed E-state index contributed by atoms with van der Waals surface area (Å²) in [4.78, 5) is 0. The summed E-state index contributed by atoms with van der Waals surface area (Å²) >= 11 is 0. The van der Waals surface area contributed by atoms with Crippen LogP contribution in [0.15, 0.2) is 36.4 Å². The number of rotatable bonds is 7. The Kier molecular flexibility index (Phi) is 7.72. The van der Waals surface area contributed by atoms with E-state index in [0.29, 0.717) is 30.9 Å². The minimum atomic E-state index is -4.54. The van der Waals surface area contributed by atoms with Gasteiger partial charge in [0.15, 0.2) is 0 Å². The quantitative estimate of drug-likeness (QED) is 0.307. The van der Waals surface area contributed by atoms with Crippen LogP contribution < -0.4 is 4.74 Å². The second-order valence-corrected chi connectivity index (χ2v) is 8.18. The minimum Gasteiger partial charge on any atom is -0.429 e. The molecule has 0 aliphatic heterocycles. The normalized spacial score (nSPS) is 19.0. The van der Waals surface area contributed by atoms with Gasteiger partial charge in [0.2, 0.25) is 0 Å². The van der Waals surface area contributed by atoms with Gasteiger partial charge in [0, 0.05) is 12.1 Å². The average molecular weight is 467 g/mol. The van der Waals surface area contributed by atoms with Gasteiger partial charge in [-0.1, -0.05) is 25.5 Å². The molecule has 0 bridgehead atoms. The van der Waals surface area contributed by atoms with Crippen molar-refractivity contribution in [2.45, 2.75) is 57.5 Å². The zero-order valence-electron chi connectivity index (χ0n) is 18.0. The molecule has 1 saturated carbocycles. The van der Waals surface area contributed by atoms with Crippen LogP contribution in [0.25, 0.3) is 0 Å². The Morgan fingerprint density at radius 3 is 2.06 bits per heavy atom. The highest BCUT2D eigenvalue weighted by Crippen LogP contribution is 2.40. The van der Waals surface area contributed by atoms with Crippen molar-refractivity contribution in [1.29, 1.82) is 5.26 Å². The van der Waals surface area contributed by atoms with E-state index in [0.717, 1.165) is 37.8 Å². The van der Waals surface area contributed by atoms with Crippen LogP contribution in [0.4, 0.5) is 26.3 Å². The van der Waals surface area contributed by atoms with E-state index in [9.17, 15) is 26.3 Å². The third-order valence-corrected chi connectivity index (χ3v) is 5.84. The molecule has 2 aromatic carbocycles. The SMILES string of the molecule is CCC/C=C/C1CCC(c2cc(F)c(C(F)(F)Oc3cc(F)c(C#N)c(F)c3)c(F)c2)CC1. The number of allylic oxidation sites excluding steroid dienone is 2. The molecule has 0 unspecified atom stereocenters. The maximum absolute atomic E-state index is 14.6. The first-order valence-electron chi connectivity index (χ1n) is 10.8. The number of halogens is 6. The van der Waals surface area contributed by atoms with E-state index in [4.69, 9.17) is 5.26 Å². The zero-order valence-corrected chi connectivity index (χ0v) is 18.0. The lowest BCUT2D eigenvalue weighted by Crippen LogP contribution is -2.26. The summed E-state index contributed by atoms with van der Waals surface area (Å²) in [6.07, 6.45) is 4.84. The van der Waals surface area contributed by atoms with Crippen molar-refractivity contribution in [3.63, 3.8) is 0 Å². The Balaban J connectivity index is 1.78. The summed E-state index contributed by atoms with van der Waals surface area (Å²) in [7, 11) is 0. The summed E-state index contributed by atoms with van der Waals surface area (Å²) in [5, 5.41) is 8.65. The lowest BCUT2D eigenvalue weighted by molar-refractivity contribution is -0.189. The summed E-state index contributed by atoms with van der Waals surface area (Å²) in [5.41, 5.74) is -2.34. The number of nitriles is 1. The highest BCUT2D eigenvalue weighted by Gasteiger charge is 2.42. The van der Waals surface area contributed by atoms with Crippen molar-refractivity contribution in [2.24, 2.45) is 5.92 Å². The highest BCUT2D eigenvalue weighted by atomic mass is 19.3. The van der Waals surface area contributed by atoms with Crippen molar-refractivity contribution in [2.75, 3.05) is 0 Å². The van der Waals surface area contributed by atoms with Crippen molar-refractivity contribution < 1.29 is 31.1 Å². The number of hydrogen-bond donors (Lipinski definition) is 0. The molecule has 0 saturated heterocycles. The Morgan fingerprint density at radius 1 is 0.970 bits per heavy atom. The second-order valence-electron chi connectivity index (χ2n) is 8.18. The fourth-order valence-corrected chi connectivity index (χ4v) is 4.12. The van der Waals surface area contributed by atoms with Crippen molar-refractivity contribution in [3.05, 3.63) is 76.4 Å². The number of alkyl halides is 2. The Hall–Kier alpha value is -2.95. The summed E-state index contributed by atoms with van der Waals surface area (Å²) in [6, 6.07) is 3.69. The minimum absolute atomic E-state index is 0.157. The van der Waals surface area contributed by atoms with Crippen LogP contribution in [-0.2, 0) is 6.11 Å². The molecule has 0 N–H and O–H groups in total. The van der Waals surface area contributed by atoms with Crippen LogP contribution in [0.3, 0.4) is 0 Å². The van der Waals surface area contributed by atoms with E-state index in [1.165, 1.54) is 6.07 Å². The summed E-state index contributed by atoms with van der Waals surface area (Å²) in [5.74, 6) is -6.64. The van der Waals surface area contributed by atoms with Crippen LogP contribution in [0.1, 0.15) is 68.1 Å². The van der Waals surface area contributed by atoms with E-state index < -0.39 is 46.3 Å². The molecule has 0 aromatic heterocycles. The molecule has 1 aliphatic rings. The Bertz CT molecular complexity index is 1020. The van der Waals surface area contributed by atoms with Gasteiger partial charge in [-0.2, -0.15) is 14.0 Å². The number of ether oxygens (including phenoxy) is 1. The molecule has 2 aromatic rings. The third kappa shape index (κ3) is 5.70. The lowest BCUT2D eigenvalue weighted by Gasteiger charge is -2.28. The number of hydrogen-bond acceptors (Lipinski definition) is 2. The standard InChI is InChI=1S/C25H23F6NO/c1-2-3-4-5-15-6-8-16(9-7-15)17-10-22(28)24(23(29)11-17)25(30,31)33-18-12-20(26)19(14-32)21(27)13-18/h4-5,10-13,15-16H,2-3,6-9H2,1H3/b5-4+. The fraction of sp³-hybridized carbons (Fsp3) is 0.400. The molecular formula is C25H23F6NO. The van der Waals surface area contributed by atoms with E-state index in [1.54, 1.807) is 0 Å². The van der Waals surface area contributed by atoms with Crippen molar-refractivity contribution in [3.8, 4) is 11.8 Å². The predicted molar refractivity (Wildman–Crippen MR) is 111 cm³/mol. The molecule has 0 spiro atoms. The van der Waals surface area contributed by atoms with Gasteiger partial charge in [-0.05, 0) is 61.6 Å². The molecule has 0 heterocycles. The molecule has 33 heavy (non-hydrogen) atoms. The van der Waals surface area contributed by atoms with Crippen LogP contribution in [-0.4, -0.2) is 0 Å². The van der Waals surface area contributed by atoms with Gasteiger partial charge in [0.1, 0.15) is 46.2 Å². The topological polar surface area (TPSA) is 33.0 Å². The molecule has 1 fully saturated rings. The number of nitrogens with zero attached hydrogens (tertiary/aromatic N) is 1. The van der Waals surface area contributed by atoms with E-state index in [-0.39, 0.29) is 11.5 Å². The largest absolute Gasteiger partial charge is 0.432 e. The van der Waals surface area contributed by atoms with E-state index in [2.05, 4.69) is 23.8 Å². The monoisotopic (exact) mass is 467 g/mol. The molecule has 8 heteroatoms. The molecule has 0 amide bonds. The lowest BCUT2D eigenvalue weighted by atomic mass is 9.78. The summed E-state index contributed by atoms with van der Waals surface area (Å²) in [6.45, 7) is 2.09. The van der Waals surface area contributed by atoms with Gasteiger partial charge in [0.25, 0.3) is 0 Å². The molecule has 2 nitrogen and oxygen atoms in total. The number of benzene rings is 2. The predicted octanol–water partition coefficient (Wildman–Crippen LogP) is 7.87. The van der Waals surface area contributed by atoms with E-state index >= 15 is 0 Å². The maximum atomic E-state index is 14.6. The maximum Gasteiger partial charge on any atom is 0.432 e. The second kappa shape index (κ2) is 10.3. The fourth-order valence-electron chi connectivity index (χ4n) is 4.12. The van der Waals surface area contributed by atoms with Gasteiger partial charge >= 0.3 is 6.11 Å². The molecule has 0 atom stereocenters. The van der Waals surface area contributed by atoms with Gasteiger partial charge < -0.3 is 4.74 Å². The summed E-state index contributed by atoms with van der Waals surface area (Å²) < 4.78 is 90.0. The zero-order chi connectivity index (χ0) is 24.2. The Labute approximate surface area is 188 Å². The molecule has 176 valence electrons. The molecular weight excluding hydrogens is 444 g/mol. The third-order valence-electron chi connectivity index (χ3n) is 5.84. The van der Waals surface area contributed by atoms with Crippen LogP contribution in [0, 0.1) is 40.5 Å². The first-order chi connectivity index (χ1) is 15.7. The smallest absolute Gasteiger partial charge is 0.429 e. The first-order valence-corrected chi connectivity index (χ1v) is 10.8. The van der Waals surface area contributed by atoms with Gasteiger partial charge in [-0.15, -0.1) is 0 Å². The highest BCUT2D eigenvalue weighted by molar-refractivity contribution is 5.39. The van der Waals surface area contributed by atoms with Gasteiger partial charge in [-0.25, -0.2) is 17.6 Å². The van der Waals surface area contributed by atoms with Crippen LogP contribution in [0.2, 0.25) is 0 Å². The first kappa shape index (κ1) is 24.7. The molecule has 1 aliphatic carbocycles. The van der Waals surface area contributed by atoms with E-state index in [1.807, 2.05) is 0 Å². The molecule has 3 rings (SSSR count). The molecule has 0 radical (unpaired) electrons.